The molecule has 2 aromatic heterocycles. The topological polar surface area (TPSA) is 114 Å². The molecule has 4 rings (SSSR count). The quantitative estimate of drug-likeness (QED) is 0.330. The third-order valence-corrected chi connectivity index (χ3v) is 5.18. The van der Waals surface area contributed by atoms with Crippen molar-refractivity contribution >= 4 is 40.2 Å². The summed E-state index contributed by atoms with van der Waals surface area (Å²) in [7, 11) is 0. The summed E-state index contributed by atoms with van der Waals surface area (Å²) in [5, 5.41) is 11.1. The summed E-state index contributed by atoms with van der Waals surface area (Å²) in [5.74, 6) is 1.28. The van der Waals surface area contributed by atoms with Gasteiger partial charge in [0.15, 0.2) is 5.78 Å². The first-order valence-electron chi connectivity index (χ1n) is 9.36. The zero-order valence-electron chi connectivity index (χ0n) is 16.2. The molecule has 1 amide bonds. The van der Waals surface area contributed by atoms with Crippen LogP contribution in [0, 0.1) is 0 Å². The summed E-state index contributed by atoms with van der Waals surface area (Å²) >= 11 is 1.17. The van der Waals surface area contributed by atoms with E-state index in [1.165, 1.54) is 18.7 Å². The Morgan fingerprint density at radius 1 is 1.07 bits per heavy atom. The van der Waals surface area contributed by atoms with Crippen LogP contribution in [0.3, 0.4) is 0 Å². The first-order chi connectivity index (χ1) is 14.6. The van der Waals surface area contributed by atoms with Gasteiger partial charge in [-0.15, -0.1) is 10.2 Å². The van der Waals surface area contributed by atoms with E-state index in [0.29, 0.717) is 35.2 Å². The first kappa shape index (κ1) is 19.8. The third kappa shape index (κ3) is 4.93. The highest BCUT2D eigenvalue weighted by Gasteiger charge is 2.11. The molecule has 2 aromatic carbocycles. The molecule has 0 aliphatic carbocycles. The number of H-pyrrole nitrogens is 1. The fourth-order valence-electron chi connectivity index (χ4n) is 2.86. The molecule has 2 N–H and O–H groups in total. The summed E-state index contributed by atoms with van der Waals surface area (Å²) in [6.45, 7) is 1.50. The highest BCUT2D eigenvalue weighted by molar-refractivity contribution is 7.99. The highest BCUT2D eigenvalue weighted by Crippen LogP contribution is 2.18. The molecule has 0 aliphatic rings. The number of rotatable bonds is 8. The lowest BCUT2D eigenvalue weighted by atomic mass is 10.1. The van der Waals surface area contributed by atoms with Gasteiger partial charge in [-0.2, -0.15) is 0 Å². The van der Waals surface area contributed by atoms with Crippen molar-refractivity contribution in [1.29, 1.82) is 0 Å². The van der Waals surface area contributed by atoms with Crippen molar-refractivity contribution in [2.75, 3.05) is 11.1 Å². The Labute approximate surface area is 176 Å². The number of para-hydroxylation sites is 2. The zero-order valence-corrected chi connectivity index (χ0v) is 17.0. The van der Waals surface area contributed by atoms with E-state index in [1.807, 2.05) is 24.3 Å². The van der Waals surface area contributed by atoms with Crippen LogP contribution < -0.4 is 5.32 Å². The number of hydrogen-bond acceptors (Lipinski definition) is 7. The molecule has 0 saturated carbocycles. The fourth-order valence-corrected chi connectivity index (χ4v) is 3.44. The van der Waals surface area contributed by atoms with Gasteiger partial charge in [-0.3, -0.25) is 9.59 Å². The van der Waals surface area contributed by atoms with Gasteiger partial charge in [0, 0.05) is 24.1 Å². The molecule has 0 bridgehead atoms. The SMILES string of the molecule is CC(=O)c1ccc(NC(=O)CSc2nnc(CCc3nc4ccccc4[nH]3)o2)cc1. The van der Waals surface area contributed by atoms with E-state index < -0.39 is 0 Å². The number of hydrogen-bond donors (Lipinski definition) is 2. The van der Waals surface area contributed by atoms with E-state index in [-0.39, 0.29) is 17.4 Å². The van der Waals surface area contributed by atoms with E-state index in [9.17, 15) is 9.59 Å². The lowest BCUT2D eigenvalue weighted by molar-refractivity contribution is -0.113. The number of nitrogens with zero attached hydrogens (tertiary/aromatic N) is 3. The van der Waals surface area contributed by atoms with Crippen molar-refractivity contribution in [2.45, 2.75) is 25.0 Å². The van der Waals surface area contributed by atoms with Crippen LogP contribution >= 0.6 is 11.8 Å². The monoisotopic (exact) mass is 421 g/mol. The van der Waals surface area contributed by atoms with Gasteiger partial charge >= 0.3 is 0 Å². The second-order valence-electron chi connectivity index (χ2n) is 6.63. The minimum Gasteiger partial charge on any atom is -0.416 e. The minimum atomic E-state index is -0.197. The van der Waals surface area contributed by atoms with Crippen LogP contribution in [0.4, 0.5) is 5.69 Å². The Hall–Kier alpha value is -3.46. The van der Waals surface area contributed by atoms with Crippen molar-refractivity contribution < 1.29 is 14.0 Å². The number of anilines is 1. The second-order valence-corrected chi connectivity index (χ2v) is 7.56. The number of nitrogens with one attached hydrogen (secondary N) is 2. The largest absolute Gasteiger partial charge is 0.416 e. The Morgan fingerprint density at radius 3 is 2.63 bits per heavy atom. The molecule has 0 aliphatic heterocycles. The number of Topliss-reactive ketones (excluding diaryl/α,β-unsaturated/α-hetero) is 1. The fraction of sp³-hybridized carbons (Fsp3) is 0.190. The number of amides is 1. The van der Waals surface area contributed by atoms with E-state index >= 15 is 0 Å². The molecule has 2 heterocycles. The molecule has 152 valence electrons. The Bertz CT molecular complexity index is 1150. The Morgan fingerprint density at radius 2 is 1.87 bits per heavy atom. The predicted molar refractivity (Wildman–Crippen MR) is 114 cm³/mol. The van der Waals surface area contributed by atoms with E-state index in [2.05, 4.69) is 25.5 Å². The van der Waals surface area contributed by atoms with Crippen molar-refractivity contribution in [3.63, 3.8) is 0 Å². The summed E-state index contributed by atoms with van der Waals surface area (Å²) in [5.41, 5.74) is 3.15. The number of carbonyl (C=O) groups is 2. The summed E-state index contributed by atoms with van der Waals surface area (Å²) < 4.78 is 5.60. The number of imidazole rings is 1. The molecule has 0 fully saturated rings. The summed E-state index contributed by atoms with van der Waals surface area (Å²) in [6, 6.07) is 14.6. The minimum absolute atomic E-state index is 0.0176. The number of ketones is 1. The number of aryl methyl sites for hydroxylation is 2. The zero-order chi connectivity index (χ0) is 20.9. The maximum Gasteiger partial charge on any atom is 0.277 e. The molecule has 9 heteroatoms. The van der Waals surface area contributed by atoms with Crippen LogP contribution in [0.1, 0.15) is 29.0 Å². The molecule has 8 nitrogen and oxygen atoms in total. The summed E-state index contributed by atoms with van der Waals surface area (Å²) in [6.07, 6.45) is 1.21. The number of aromatic nitrogens is 4. The molecule has 4 aromatic rings. The predicted octanol–water partition coefficient (Wildman–Crippen LogP) is 3.66. The number of benzene rings is 2. The van der Waals surface area contributed by atoms with Gasteiger partial charge in [0.05, 0.1) is 16.8 Å². The Kier molecular flexibility index (Phi) is 5.89. The van der Waals surface area contributed by atoms with E-state index in [4.69, 9.17) is 4.42 Å². The maximum absolute atomic E-state index is 12.1. The van der Waals surface area contributed by atoms with Crippen LogP contribution in [-0.2, 0) is 17.6 Å². The third-order valence-electron chi connectivity index (χ3n) is 4.36. The molecule has 0 spiro atoms. The standard InChI is InChI=1S/C21H19N5O3S/c1-13(27)14-6-8-15(9-7-14)22-19(28)12-30-21-26-25-20(29-21)11-10-18-23-16-4-2-3-5-17(16)24-18/h2-9H,10-12H2,1H3,(H,22,28)(H,23,24). The van der Waals surface area contributed by atoms with Crippen molar-refractivity contribution in [1.82, 2.24) is 20.2 Å². The van der Waals surface area contributed by atoms with Gasteiger partial charge in [0.1, 0.15) is 5.82 Å². The molecule has 0 radical (unpaired) electrons. The van der Waals surface area contributed by atoms with Crippen molar-refractivity contribution in [2.24, 2.45) is 0 Å². The van der Waals surface area contributed by atoms with Crippen LogP contribution in [0.2, 0.25) is 0 Å². The van der Waals surface area contributed by atoms with Gasteiger partial charge in [0.25, 0.3) is 5.22 Å². The molecule has 0 saturated heterocycles. The molecule has 30 heavy (non-hydrogen) atoms. The van der Waals surface area contributed by atoms with Crippen LogP contribution in [0.25, 0.3) is 11.0 Å². The highest BCUT2D eigenvalue weighted by atomic mass is 32.2. The summed E-state index contributed by atoms with van der Waals surface area (Å²) in [4.78, 5) is 31.2. The van der Waals surface area contributed by atoms with Gasteiger partial charge in [0.2, 0.25) is 11.8 Å². The van der Waals surface area contributed by atoms with Gasteiger partial charge < -0.3 is 14.7 Å². The number of carbonyl (C=O) groups excluding carboxylic acids is 2. The number of aromatic amines is 1. The van der Waals surface area contributed by atoms with E-state index in [1.54, 1.807) is 24.3 Å². The smallest absolute Gasteiger partial charge is 0.277 e. The molecule has 0 unspecified atom stereocenters. The number of fused-ring (bicyclic) bond motifs is 1. The van der Waals surface area contributed by atoms with Crippen LogP contribution in [-0.4, -0.2) is 37.6 Å². The lowest BCUT2D eigenvalue weighted by Crippen LogP contribution is -2.14. The van der Waals surface area contributed by atoms with Crippen LogP contribution in [0.5, 0.6) is 0 Å². The van der Waals surface area contributed by atoms with Gasteiger partial charge in [-0.1, -0.05) is 23.9 Å². The Balaban J connectivity index is 1.25. The second kappa shape index (κ2) is 8.91. The van der Waals surface area contributed by atoms with E-state index in [0.717, 1.165) is 16.9 Å². The normalized spacial score (nSPS) is 11.0. The van der Waals surface area contributed by atoms with Gasteiger partial charge in [-0.05, 0) is 43.3 Å². The first-order valence-corrected chi connectivity index (χ1v) is 10.3. The average molecular weight is 421 g/mol. The number of thioether (sulfide) groups is 1. The molecular formula is C21H19N5O3S. The van der Waals surface area contributed by atoms with Crippen molar-refractivity contribution in [3.05, 3.63) is 65.8 Å². The molecule has 0 atom stereocenters. The lowest BCUT2D eigenvalue weighted by Gasteiger charge is -2.04. The van der Waals surface area contributed by atoms with Crippen LogP contribution in [0.15, 0.2) is 58.2 Å². The maximum atomic E-state index is 12.1. The molecular weight excluding hydrogens is 402 g/mol. The average Bonchev–Trinajstić information content (AvgIpc) is 3.37. The van der Waals surface area contributed by atoms with Crippen molar-refractivity contribution in [3.8, 4) is 0 Å². The van der Waals surface area contributed by atoms with Gasteiger partial charge in [-0.25, -0.2) is 4.98 Å².